The minimum absolute atomic E-state index is 0.0139. The fourth-order valence-corrected chi connectivity index (χ4v) is 1.20. The number of aromatic nitrogens is 2. The Labute approximate surface area is 76.9 Å². The van der Waals surface area contributed by atoms with Crippen molar-refractivity contribution in [3.8, 4) is 0 Å². The summed E-state index contributed by atoms with van der Waals surface area (Å²) in [5.74, 6) is 0.709. The van der Waals surface area contributed by atoms with E-state index in [0.717, 1.165) is 12.5 Å². The van der Waals surface area contributed by atoms with E-state index in [0.29, 0.717) is 5.56 Å². The van der Waals surface area contributed by atoms with E-state index in [1.54, 1.807) is 24.1 Å². The van der Waals surface area contributed by atoms with Gasteiger partial charge in [0.15, 0.2) is 0 Å². The molecule has 0 aliphatic heterocycles. The standard InChI is InChI=1S/C9H13N3O/c1-12-6-8(5-11-12)9(13)10-4-7-2-3-7/h5-7H,2-4H2,1H3,(H,10,13). The van der Waals surface area contributed by atoms with Gasteiger partial charge in [0.2, 0.25) is 0 Å². The topological polar surface area (TPSA) is 46.9 Å². The zero-order chi connectivity index (χ0) is 9.26. The Morgan fingerprint density at radius 3 is 3.08 bits per heavy atom. The summed E-state index contributed by atoms with van der Waals surface area (Å²) in [5.41, 5.74) is 0.642. The summed E-state index contributed by atoms with van der Waals surface area (Å²) in [6.45, 7) is 0.813. The third-order valence-corrected chi connectivity index (χ3v) is 2.22. The molecule has 1 amide bonds. The van der Waals surface area contributed by atoms with Crippen LogP contribution in [0, 0.1) is 5.92 Å². The quantitative estimate of drug-likeness (QED) is 0.737. The number of nitrogens with zero attached hydrogens (tertiary/aromatic N) is 2. The maximum atomic E-state index is 11.4. The highest BCUT2D eigenvalue weighted by Crippen LogP contribution is 2.27. The van der Waals surface area contributed by atoms with Gasteiger partial charge in [0.1, 0.15) is 0 Å². The summed E-state index contributed by atoms with van der Waals surface area (Å²) in [4.78, 5) is 11.4. The summed E-state index contributed by atoms with van der Waals surface area (Å²) in [6, 6.07) is 0. The van der Waals surface area contributed by atoms with Crippen LogP contribution in [-0.2, 0) is 7.05 Å². The predicted molar refractivity (Wildman–Crippen MR) is 48.3 cm³/mol. The van der Waals surface area contributed by atoms with Gasteiger partial charge in [-0.15, -0.1) is 0 Å². The first-order valence-electron chi connectivity index (χ1n) is 4.52. The van der Waals surface area contributed by atoms with Gasteiger partial charge in [-0.3, -0.25) is 9.48 Å². The fraction of sp³-hybridized carbons (Fsp3) is 0.556. The van der Waals surface area contributed by atoms with Crippen molar-refractivity contribution >= 4 is 5.91 Å². The normalized spacial score (nSPS) is 15.8. The Bertz CT molecular complexity index is 314. The van der Waals surface area contributed by atoms with Crippen molar-refractivity contribution in [3.05, 3.63) is 18.0 Å². The number of rotatable bonds is 3. The van der Waals surface area contributed by atoms with E-state index in [1.807, 2.05) is 0 Å². The molecule has 0 bridgehead atoms. The molecule has 2 rings (SSSR count). The molecule has 1 aliphatic carbocycles. The molecule has 0 unspecified atom stereocenters. The molecule has 4 heteroatoms. The van der Waals surface area contributed by atoms with Gasteiger partial charge in [0, 0.05) is 19.8 Å². The van der Waals surface area contributed by atoms with Gasteiger partial charge in [-0.25, -0.2) is 0 Å². The molecule has 1 saturated carbocycles. The van der Waals surface area contributed by atoms with Crippen molar-refractivity contribution in [2.24, 2.45) is 13.0 Å². The third-order valence-electron chi connectivity index (χ3n) is 2.22. The summed E-state index contributed by atoms with van der Waals surface area (Å²) in [7, 11) is 1.80. The van der Waals surface area contributed by atoms with E-state index >= 15 is 0 Å². The van der Waals surface area contributed by atoms with Crippen LogP contribution in [0.4, 0.5) is 0 Å². The zero-order valence-electron chi connectivity index (χ0n) is 7.66. The van der Waals surface area contributed by atoms with E-state index in [-0.39, 0.29) is 5.91 Å². The molecule has 70 valence electrons. The van der Waals surface area contributed by atoms with Gasteiger partial charge in [0.25, 0.3) is 5.91 Å². The maximum absolute atomic E-state index is 11.4. The predicted octanol–water partition coefficient (Wildman–Crippen LogP) is 0.560. The first kappa shape index (κ1) is 8.29. The Morgan fingerprint density at radius 2 is 2.54 bits per heavy atom. The van der Waals surface area contributed by atoms with Crippen LogP contribution < -0.4 is 5.32 Å². The van der Waals surface area contributed by atoms with Crippen LogP contribution in [0.3, 0.4) is 0 Å². The average Bonchev–Trinajstić information content (AvgIpc) is 2.84. The van der Waals surface area contributed by atoms with Crippen molar-refractivity contribution in [2.75, 3.05) is 6.54 Å². The molecule has 1 aliphatic rings. The monoisotopic (exact) mass is 179 g/mol. The SMILES string of the molecule is Cn1cc(C(=O)NCC2CC2)cn1. The van der Waals surface area contributed by atoms with Gasteiger partial charge in [0.05, 0.1) is 11.8 Å². The summed E-state index contributed by atoms with van der Waals surface area (Å²) in [5, 5.41) is 6.82. The number of hydrogen-bond donors (Lipinski definition) is 1. The van der Waals surface area contributed by atoms with Crippen LogP contribution in [-0.4, -0.2) is 22.2 Å². The number of nitrogens with one attached hydrogen (secondary N) is 1. The number of carbonyl (C=O) groups is 1. The molecule has 13 heavy (non-hydrogen) atoms. The summed E-state index contributed by atoms with van der Waals surface area (Å²) >= 11 is 0. The number of hydrogen-bond acceptors (Lipinski definition) is 2. The highest BCUT2D eigenvalue weighted by atomic mass is 16.1. The second-order valence-electron chi connectivity index (χ2n) is 3.56. The summed E-state index contributed by atoms with van der Waals surface area (Å²) < 4.78 is 1.63. The van der Waals surface area contributed by atoms with E-state index in [9.17, 15) is 4.79 Å². The third kappa shape index (κ3) is 2.08. The van der Waals surface area contributed by atoms with E-state index in [4.69, 9.17) is 0 Å². The fourth-order valence-electron chi connectivity index (χ4n) is 1.20. The van der Waals surface area contributed by atoms with Crippen molar-refractivity contribution in [3.63, 3.8) is 0 Å². The van der Waals surface area contributed by atoms with E-state index in [1.165, 1.54) is 12.8 Å². The van der Waals surface area contributed by atoms with Crippen molar-refractivity contribution in [2.45, 2.75) is 12.8 Å². The molecule has 1 heterocycles. The van der Waals surface area contributed by atoms with Crippen molar-refractivity contribution in [1.82, 2.24) is 15.1 Å². The Kier molecular flexibility index (Phi) is 2.04. The van der Waals surface area contributed by atoms with Crippen LogP contribution in [0.15, 0.2) is 12.4 Å². The van der Waals surface area contributed by atoms with Crippen molar-refractivity contribution < 1.29 is 4.79 Å². The number of amides is 1. The molecular formula is C9H13N3O. The maximum Gasteiger partial charge on any atom is 0.254 e. The first-order chi connectivity index (χ1) is 6.25. The lowest BCUT2D eigenvalue weighted by molar-refractivity contribution is 0.0951. The van der Waals surface area contributed by atoms with Crippen LogP contribution in [0.1, 0.15) is 23.2 Å². The van der Waals surface area contributed by atoms with Gasteiger partial charge in [-0.05, 0) is 18.8 Å². The molecule has 0 atom stereocenters. The minimum Gasteiger partial charge on any atom is -0.352 e. The van der Waals surface area contributed by atoms with Crippen molar-refractivity contribution in [1.29, 1.82) is 0 Å². The second-order valence-corrected chi connectivity index (χ2v) is 3.56. The smallest absolute Gasteiger partial charge is 0.254 e. The molecule has 0 aromatic carbocycles. The number of carbonyl (C=O) groups excluding carboxylic acids is 1. The van der Waals surface area contributed by atoms with E-state index < -0.39 is 0 Å². The lowest BCUT2D eigenvalue weighted by atomic mass is 10.3. The van der Waals surface area contributed by atoms with E-state index in [2.05, 4.69) is 10.4 Å². The largest absolute Gasteiger partial charge is 0.352 e. The van der Waals surface area contributed by atoms with Crippen LogP contribution in [0.2, 0.25) is 0 Å². The Hall–Kier alpha value is -1.32. The highest BCUT2D eigenvalue weighted by molar-refractivity contribution is 5.93. The molecule has 4 nitrogen and oxygen atoms in total. The van der Waals surface area contributed by atoms with Crippen LogP contribution >= 0.6 is 0 Å². The Morgan fingerprint density at radius 1 is 1.77 bits per heavy atom. The summed E-state index contributed by atoms with van der Waals surface area (Å²) in [6.07, 6.45) is 5.82. The molecule has 1 N–H and O–H groups in total. The molecule has 1 aromatic rings. The molecule has 0 radical (unpaired) electrons. The molecule has 0 saturated heterocycles. The molecular weight excluding hydrogens is 166 g/mol. The lowest BCUT2D eigenvalue weighted by Gasteiger charge is -1.99. The lowest BCUT2D eigenvalue weighted by Crippen LogP contribution is -2.25. The molecule has 1 fully saturated rings. The van der Waals surface area contributed by atoms with Gasteiger partial charge in [-0.2, -0.15) is 5.10 Å². The zero-order valence-corrected chi connectivity index (χ0v) is 7.66. The highest BCUT2D eigenvalue weighted by Gasteiger charge is 2.21. The minimum atomic E-state index is -0.0139. The van der Waals surface area contributed by atoms with Gasteiger partial charge in [-0.1, -0.05) is 0 Å². The molecule has 1 aromatic heterocycles. The number of aryl methyl sites for hydroxylation is 1. The van der Waals surface area contributed by atoms with Gasteiger partial charge >= 0.3 is 0 Å². The molecule has 0 spiro atoms. The van der Waals surface area contributed by atoms with Gasteiger partial charge < -0.3 is 5.32 Å². The van der Waals surface area contributed by atoms with Crippen LogP contribution in [0.5, 0.6) is 0 Å². The average molecular weight is 179 g/mol. The van der Waals surface area contributed by atoms with Crippen LogP contribution in [0.25, 0.3) is 0 Å². The Balaban J connectivity index is 1.88. The second kappa shape index (κ2) is 3.20. The first-order valence-corrected chi connectivity index (χ1v) is 4.52.